The van der Waals surface area contributed by atoms with E-state index in [1.165, 1.54) is 12.8 Å². The van der Waals surface area contributed by atoms with Gasteiger partial charge in [-0.05, 0) is 25.5 Å². The molecule has 0 radical (unpaired) electrons. The molecule has 1 aliphatic heterocycles. The molecule has 0 unspecified atom stereocenters. The molecule has 0 bridgehead atoms. The highest BCUT2D eigenvalue weighted by Gasteiger charge is 2.18. The minimum atomic E-state index is 0.473. The van der Waals surface area contributed by atoms with Gasteiger partial charge < -0.3 is 5.32 Å². The summed E-state index contributed by atoms with van der Waals surface area (Å²) in [7, 11) is 0. The van der Waals surface area contributed by atoms with Crippen molar-refractivity contribution in [2.24, 2.45) is 0 Å². The van der Waals surface area contributed by atoms with Crippen LogP contribution in [-0.4, -0.2) is 43.0 Å². The number of aromatic nitrogens is 6. The minimum absolute atomic E-state index is 0.473. The van der Waals surface area contributed by atoms with Gasteiger partial charge in [0.15, 0.2) is 10.8 Å². The van der Waals surface area contributed by atoms with E-state index in [1.807, 2.05) is 16.3 Å². The van der Waals surface area contributed by atoms with Crippen LogP contribution in [0.5, 0.6) is 0 Å². The lowest BCUT2D eigenvalue weighted by atomic mass is 9.97. The van der Waals surface area contributed by atoms with Crippen molar-refractivity contribution in [3.8, 4) is 10.8 Å². The average molecular weight is 327 g/mol. The number of thiazole rings is 1. The van der Waals surface area contributed by atoms with Gasteiger partial charge in [0.2, 0.25) is 0 Å². The first-order valence-corrected chi connectivity index (χ1v) is 8.59. The highest BCUT2D eigenvalue weighted by molar-refractivity contribution is 7.13. The number of rotatable bonds is 4. The Morgan fingerprint density at radius 2 is 2.22 bits per heavy atom. The van der Waals surface area contributed by atoms with Gasteiger partial charge in [-0.1, -0.05) is 5.21 Å². The fourth-order valence-electron chi connectivity index (χ4n) is 2.74. The fraction of sp³-hybridized carbons (Fsp3) is 0.400. The van der Waals surface area contributed by atoms with Crippen LogP contribution in [-0.2, 0) is 6.54 Å². The Balaban J connectivity index is 1.46. The molecule has 0 saturated carbocycles. The third kappa shape index (κ3) is 3.27. The van der Waals surface area contributed by atoms with Crippen LogP contribution < -0.4 is 5.32 Å². The second-order valence-corrected chi connectivity index (χ2v) is 6.46. The van der Waals surface area contributed by atoms with Gasteiger partial charge in [-0.2, -0.15) is 0 Å². The summed E-state index contributed by atoms with van der Waals surface area (Å²) in [4.78, 5) is 13.0. The predicted octanol–water partition coefficient (Wildman–Crippen LogP) is 1.71. The zero-order valence-electron chi connectivity index (χ0n) is 12.6. The molecule has 8 heteroatoms. The monoisotopic (exact) mass is 327 g/mol. The third-order valence-corrected chi connectivity index (χ3v) is 4.79. The Kier molecular flexibility index (Phi) is 4.08. The number of hydrogen-bond acceptors (Lipinski definition) is 7. The molecular formula is C15H17N7S. The first-order valence-electron chi connectivity index (χ1n) is 7.71. The van der Waals surface area contributed by atoms with Crippen molar-refractivity contribution in [3.05, 3.63) is 41.4 Å². The molecule has 3 aromatic heterocycles. The van der Waals surface area contributed by atoms with Crippen LogP contribution >= 0.6 is 11.3 Å². The van der Waals surface area contributed by atoms with E-state index in [1.54, 1.807) is 29.8 Å². The summed E-state index contributed by atoms with van der Waals surface area (Å²) in [5, 5.41) is 14.8. The van der Waals surface area contributed by atoms with E-state index in [-0.39, 0.29) is 0 Å². The maximum atomic E-state index is 4.59. The van der Waals surface area contributed by atoms with E-state index in [0.717, 1.165) is 29.5 Å². The lowest BCUT2D eigenvalue weighted by Crippen LogP contribution is -2.28. The quantitative estimate of drug-likeness (QED) is 0.785. The number of nitrogens with one attached hydrogen (secondary N) is 1. The summed E-state index contributed by atoms with van der Waals surface area (Å²) >= 11 is 1.55. The molecule has 0 spiro atoms. The summed E-state index contributed by atoms with van der Waals surface area (Å²) in [5.74, 6) is 1.14. The largest absolute Gasteiger partial charge is 0.316 e. The summed E-state index contributed by atoms with van der Waals surface area (Å²) < 4.78 is 1.86. The van der Waals surface area contributed by atoms with Crippen LogP contribution in [0.2, 0.25) is 0 Å². The van der Waals surface area contributed by atoms with Crippen LogP contribution in [0.25, 0.3) is 10.8 Å². The van der Waals surface area contributed by atoms with Crippen LogP contribution in [0.15, 0.2) is 30.0 Å². The van der Waals surface area contributed by atoms with Crippen molar-refractivity contribution in [2.75, 3.05) is 13.1 Å². The average Bonchev–Trinajstić information content (AvgIpc) is 3.27. The Labute approximate surface area is 137 Å². The standard InChI is InChI=1S/C15H17N7S/c1-3-11(7-16-4-1)13-9-22(21-20-13)8-12-10-23-15(19-12)14-17-5-2-6-18-14/h2,5-6,9-11,16H,1,3-4,7-8H2/t11-/m1/s1. The number of piperidine rings is 1. The van der Waals surface area contributed by atoms with Crippen LogP contribution in [0.3, 0.4) is 0 Å². The first kappa shape index (κ1) is 14.4. The summed E-state index contributed by atoms with van der Waals surface area (Å²) in [6, 6.07) is 1.80. The normalized spacial score (nSPS) is 18.2. The van der Waals surface area contributed by atoms with Crippen molar-refractivity contribution in [1.82, 2.24) is 35.3 Å². The topological polar surface area (TPSA) is 81.4 Å². The Bertz CT molecular complexity index is 761. The fourth-order valence-corrected chi connectivity index (χ4v) is 3.50. The molecule has 1 atom stereocenters. The zero-order valence-corrected chi connectivity index (χ0v) is 13.4. The van der Waals surface area contributed by atoms with Crippen LogP contribution in [0.4, 0.5) is 0 Å². The summed E-state index contributed by atoms with van der Waals surface area (Å²) in [5.41, 5.74) is 2.02. The molecule has 23 heavy (non-hydrogen) atoms. The molecule has 118 valence electrons. The van der Waals surface area contributed by atoms with E-state index < -0.39 is 0 Å². The smallest absolute Gasteiger partial charge is 0.188 e. The minimum Gasteiger partial charge on any atom is -0.316 e. The molecule has 1 aliphatic rings. The summed E-state index contributed by atoms with van der Waals surface area (Å²) in [6.07, 6.45) is 7.87. The van der Waals surface area contributed by atoms with Crippen molar-refractivity contribution >= 4 is 11.3 Å². The maximum Gasteiger partial charge on any atom is 0.188 e. The molecule has 0 amide bonds. The molecule has 4 heterocycles. The van der Waals surface area contributed by atoms with E-state index >= 15 is 0 Å². The number of nitrogens with zero attached hydrogens (tertiary/aromatic N) is 6. The van der Waals surface area contributed by atoms with Gasteiger partial charge in [-0.25, -0.2) is 19.6 Å². The molecule has 7 nitrogen and oxygen atoms in total. The molecule has 1 saturated heterocycles. The van der Waals surface area contributed by atoms with Crippen LogP contribution in [0, 0.1) is 0 Å². The molecular weight excluding hydrogens is 310 g/mol. The van der Waals surface area contributed by atoms with Gasteiger partial charge in [0.1, 0.15) is 0 Å². The lowest BCUT2D eigenvalue weighted by molar-refractivity contribution is 0.454. The van der Waals surface area contributed by atoms with E-state index in [2.05, 4.69) is 30.6 Å². The predicted molar refractivity (Wildman–Crippen MR) is 87.1 cm³/mol. The van der Waals surface area contributed by atoms with Crippen molar-refractivity contribution in [3.63, 3.8) is 0 Å². The molecule has 0 aromatic carbocycles. The Morgan fingerprint density at radius 1 is 1.30 bits per heavy atom. The molecule has 1 fully saturated rings. The SMILES string of the molecule is c1cnc(-c2nc(Cn3cc([C@@H]4CCCNC4)nn3)cs2)nc1. The maximum absolute atomic E-state index is 4.59. The van der Waals surface area contributed by atoms with E-state index in [0.29, 0.717) is 18.3 Å². The van der Waals surface area contributed by atoms with Crippen molar-refractivity contribution in [1.29, 1.82) is 0 Å². The highest BCUT2D eigenvalue weighted by Crippen LogP contribution is 2.22. The highest BCUT2D eigenvalue weighted by atomic mass is 32.1. The van der Waals surface area contributed by atoms with Gasteiger partial charge in [-0.15, -0.1) is 16.4 Å². The van der Waals surface area contributed by atoms with E-state index in [4.69, 9.17) is 0 Å². The molecule has 4 rings (SSSR count). The van der Waals surface area contributed by atoms with Gasteiger partial charge in [0.05, 0.1) is 17.9 Å². The molecule has 1 N–H and O–H groups in total. The van der Waals surface area contributed by atoms with Crippen molar-refractivity contribution in [2.45, 2.75) is 25.3 Å². The molecule has 0 aliphatic carbocycles. The second-order valence-electron chi connectivity index (χ2n) is 5.60. The van der Waals surface area contributed by atoms with Gasteiger partial charge in [0, 0.05) is 36.4 Å². The van der Waals surface area contributed by atoms with Gasteiger partial charge >= 0.3 is 0 Å². The van der Waals surface area contributed by atoms with Crippen LogP contribution in [0.1, 0.15) is 30.1 Å². The van der Waals surface area contributed by atoms with Gasteiger partial charge in [-0.3, -0.25) is 0 Å². The lowest BCUT2D eigenvalue weighted by Gasteiger charge is -2.20. The third-order valence-electron chi connectivity index (χ3n) is 3.90. The van der Waals surface area contributed by atoms with Crippen molar-refractivity contribution < 1.29 is 0 Å². The first-order chi connectivity index (χ1) is 11.4. The molecule has 3 aromatic rings. The zero-order chi connectivity index (χ0) is 15.5. The Morgan fingerprint density at radius 3 is 3.04 bits per heavy atom. The second kappa shape index (κ2) is 6.51. The summed E-state index contributed by atoms with van der Waals surface area (Å²) in [6.45, 7) is 2.72. The Hall–Kier alpha value is -2.19. The van der Waals surface area contributed by atoms with Gasteiger partial charge in [0.25, 0.3) is 0 Å². The number of hydrogen-bond donors (Lipinski definition) is 1. The van der Waals surface area contributed by atoms with E-state index in [9.17, 15) is 0 Å².